The van der Waals surface area contributed by atoms with Gasteiger partial charge in [-0.25, -0.2) is 8.42 Å². The largest absolute Gasteiger partial charge is 0.326 e. The van der Waals surface area contributed by atoms with Gasteiger partial charge < -0.3 is 5.32 Å². The molecule has 1 saturated heterocycles. The van der Waals surface area contributed by atoms with Crippen LogP contribution in [-0.4, -0.2) is 25.8 Å². The molecule has 0 aromatic heterocycles. The molecule has 1 atom stereocenters. The first-order valence-electron chi connectivity index (χ1n) is 5.96. The molecule has 0 saturated carbocycles. The molecule has 1 N–H and O–H groups in total. The van der Waals surface area contributed by atoms with Gasteiger partial charge in [-0.2, -0.15) is 0 Å². The maximum atomic E-state index is 12.0. The standard InChI is InChI=1S/C13H17NO3S/c1-9-3-4-10(2)12(7-9)14-13(15)11-5-6-18(16,17)8-11/h3-4,7,11H,5-6,8H2,1-2H3,(H,14,15). The molecule has 0 aliphatic carbocycles. The SMILES string of the molecule is Cc1ccc(C)c(NC(=O)C2CCS(=O)(=O)C2)c1. The van der Waals surface area contributed by atoms with E-state index in [1.807, 2.05) is 32.0 Å². The summed E-state index contributed by atoms with van der Waals surface area (Å²) in [6.07, 6.45) is 0.430. The van der Waals surface area contributed by atoms with Crippen molar-refractivity contribution >= 4 is 21.4 Å². The lowest BCUT2D eigenvalue weighted by Gasteiger charge is -2.12. The van der Waals surface area contributed by atoms with Gasteiger partial charge >= 0.3 is 0 Å². The van der Waals surface area contributed by atoms with Crippen LogP contribution in [0.3, 0.4) is 0 Å². The molecule has 0 spiro atoms. The summed E-state index contributed by atoms with van der Waals surface area (Å²) in [5, 5.41) is 2.83. The molecule has 1 heterocycles. The highest BCUT2D eigenvalue weighted by atomic mass is 32.2. The van der Waals surface area contributed by atoms with Crippen molar-refractivity contribution in [1.82, 2.24) is 0 Å². The normalized spacial score (nSPS) is 21.8. The Labute approximate surface area is 107 Å². The van der Waals surface area contributed by atoms with Gasteiger partial charge in [0.25, 0.3) is 0 Å². The number of hydrogen-bond acceptors (Lipinski definition) is 3. The minimum atomic E-state index is -3.01. The van der Waals surface area contributed by atoms with Crippen molar-refractivity contribution in [3.05, 3.63) is 29.3 Å². The third-order valence-corrected chi connectivity index (χ3v) is 5.02. The summed E-state index contributed by atoms with van der Waals surface area (Å²) in [7, 11) is -3.01. The third kappa shape index (κ3) is 2.90. The minimum Gasteiger partial charge on any atom is -0.326 e. The molecular formula is C13H17NO3S. The Hall–Kier alpha value is -1.36. The van der Waals surface area contributed by atoms with Crippen molar-refractivity contribution in [3.63, 3.8) is 0 Å². The zero-order chi connectivity index (χ0) is 13.3. The molecule has 5 heteroatoms. The summed E-state index contributed by atoms with van der Waals surface area (Å²) in [6, 6.07) is 5.82. The predicted molar refractivity (Wildman–Crippen MR) is 71.3 cm³/mol. The first-order chi connectivity index (χ1) is 8.37. The number of sulfone groups is 1. The van der Waals surface area contributed by atoms with E-state index in [-0.39, 0.29) is 17.4 Å². The van der Waals surface area contributed by atoms with Crippen LogP contribution in [0.1, 0.15) is 17.5 Å². The molecule has 1 aliphatic rings. The number of amides is 1. The van der Waals surface area contributed by atoms with Crippen LogP contribution in [0.2, 0.25) is 0 Å². The van der Waals surface area contributed by atoms with Gasteiger partial charge in [0.1, 0.15) is 0 Å². The molecule has 1 aromatic rings. The number of carbonyl (C=O) groups excluding carboxylic acids is 1. The van der Waals surface area contributed by atoms with E-state index in [1.54, 1.807) is 0 Å². The topological polar surface area (TPSA) is 63.2 Å². The van der Waals surface area contributed by atoms with Crippen molar-refractivity contribution in [1.29, 1.82) is 0 Å². The van der Waals surface area contributed by atoms with Crippen molar-refractivity contribution in [2.45, 2.75) is 20.3 Å². The van der Waals surface area contributed by atoms with Gasteiger partial charge in [0.15, 0.2) is 9.84 Å². The highest BCUT2D eigenvalue weighted by Gasteiger charge is 2.33. The summed E-state index contributed by atoms with van der Waals surface area (Å²) < 4.78 is 22.7. The summed E-state index contributed by atoms with van der Waals surface area (Å²) in [5.74, 6) is -0.499. The van der Waals surface area contributed by atoms with Gasteiger partial charge in [0.05, 0.1) is 17.4 Å². The van der Waals surface area contributed by atoms with E-state index in [0.717, 1.165) is 16.8 Å². The second-order valence-corrected chi connectivity index (χ2v) is 7.14. The quantitative estimate of drug-likeness (QED) is 0.886. The Morgan fingerprint density at radius 2 is 2.06 bits per heavy atom. The van der Waals surface area contributed by atoms with Gasteiger partial charge in [0, 0.05) is 5.69 Å². The number of anilines is 1. The average molecular weight is 267 g/mol. The molecule has 1 fully saturated rings. The van der Waals surface area contributed by atoms with Crippen LogP contribution < -0.4 is 5.32 Å². The molecular weight excluding hydrogens is 250 g/mol. The third-order valence-electron chi connectivity index (χ3n) is 3.25. The van der Waals surface area contributed by atoms with Crippen molar-refractivity contribution in [2.75, 3.05) is 16.8 Å². The monoisotopic (exact) mass is 267 g/mol. The van der Waals surface area contributed by atoms with Crippen LogP contribution >= 0.6 is 0 Å². The van der Waals surface area contributed by atoms with E-state index < -0.39 is 15.8 Å². The Morgan fingerprint density at radius 1 is 1.33 bits per heavy atom. The van der Waals surface area contributed by atoms with Crippen molar-refractivity contribution in [3.8, 4) is 0 Å². The average Bonchev–Trinajstić information content (AvgIpc) is 2.64. The van der Waals surface area contributed by atoms with E-state index in [4.69, 9.17) is 0 Å². The molecule has 1 aliphatic heterocycles. The number of hydrogen-bond donors (Lipinski definition) is 1. The van der Waals surface area contributed by atoms with Crippen molar-refractivity contribution in [2.24, 2.45) is 5.92 Å². The Balaban J connectivity index is 2.10. The number of benzene rings is 1. The fraction of sp³-hybridized carbons (Fsp3) is 0.462. The second kappa shape index (κ2) is 4.72. The maximum absolute atomic E-state index is 12.0. The number of carbonyl (C=O) groups is 1. The van der Waals surface area contributed by atoms with E-state index in [1.165, 1.54) is 0 Å². The lowest BCUT2D eigenvalue weighted by Crippen LogP contribution is -2.24. The molecule has 0 bridgehead atoms. The van der Waals surface area contributed by atoms with Gasteiger partial charge in [-0.05, 0) is 37.5 Å². The van der Waals surface area contributed by atoms with Crippen molar-refractivity contribution < 1.29 is 13.2 Å². The molecule has 1 amide bonds. The van der Waals surface area contributed by atoms with E-state index in [0.29, 0.717) is 6.42 Å². The molecule has 0 radical (unpaired) electrons. The Kier molecular flexibility index (Phi) is 3.43. The summed E-state index contributed by atoms with van der Waals surface area (Å²) >= 11 is 0. The highest BCUT2D eigenvalue weighted by Crippen LogP contribution is 2.22. The number of rotatable bonds is 2. The highest BCUT2D eigenvalue weighted by molar-refractivity contribution is 7.91. The molecule has 1 aromatic carbocycles. The Morgan fingerprint density at radius 3 is 2.67 bits per heavy atom. The first kappa shape index (κ1) is 13.1. The molecule has 2 rings (SSSR count). The molecule has 4 nitrogen and oxygen atoms in total. The van der Waals surface area contributed by atoms with Crippen LogP contribution in [0, 0.1) is 19.8 Å². The van der Waals surface area contributed by atoms with Crippen LogP contribution in [-0.2, 0) is 14.6 Å². The molecule has 98 valence electrons. The zero-order valence-corrected chi connectivity index (χ0v) is 11.4. The second-order valence-electron chi connectivity index (χ2n) is 4.91. The van der Waals surface area contributed by atoms with Crippen LogP contribution in [0.25, 0.3) is 0 Å². The van der Waals surface area contributed by atoms with Gasteiger partial charge in [-0.1, -0.05) is 12.1 Å². The maximum Gasteiger partial charge on any atom is 0.228 e. The van der Waals surface area contributed by atoms with Gasteiger partial charge in [0.2, 0.25) is 5.91 Å². The predicted octanol–water partition coefficient (Wildman–Crippen LogP) is 1.68. The minimum absolute atomic E-state index is 0.0241. The van der Waals surface area contributed by atoms with E-state index >= 15 is 0 Å². The smallest absolute Gasteiger partial charge is 0.228 e. The first-order valence-corrected chi connectivity index (χ1v) is 7.78. The lowest BCUT2D eigenvalue weighted by atomic mass is 10.1. The van der Waals surface area contributed by atoms with Crippen LogP contribution in [0.4, 0.5) is 5.69 Å². The fourth-order valence-corrected chi connectivity index (χ4v) is 3.85. The molecule has 18 heavy (non-hydrogen) atoms. The number of nitrogens with one attached hydrogen (secondary N) is 1. The molecule has 1 unspecified atom stereocenters. The fourth-order valence-electron chi connectivity index (χ4n) is 2.11. The lowest BCUT2D eigenvalue weighted by molar-refractivity contribution is -0.119. The van der Waals surface area contributed by atoms with Gasteiger partial charge in [-0.15, -0.1) is 0 Å². The summed E-state index contributed by atoms with van der Waals surface area (Å²) in [6.45, 7) is 3.87. The van der Waals surface area contributed by atoms with Gasteiger partial charge in [-0.3, -0.25) is 4.79 Å². The summed E-state index contributed by atoms with van der Waals surface area (Å²) in [4.78, 5) is 12.0. The number of aryl methyl sites for hydroxylation is 2. The Bertz CT molecular complexity index is 578. The summed E-state index contributed by atoms with van der Waals surface area (Å²) in [5.41, 5.74) is 2.81. The van der Waals surface area contributed by atoms with Crippen LogP contribution in [0.15, 0.2) is 18.2 Å². The van der Waals surface area contributed by atoms with E-state index in [2.05, 4.69) is 5.32 Å². The van der Waals surface area contributed by atoms with E-state index in [9.17, 15) is 13.2 Å². The zero-order valence-electron chi connectivity index (χ0n) is 10.6. The van der Waals surface area contributed by atoms with Crippen LogP contribution in [0.5, 0.6) is 0 Å².